The van der Waals surface area contributed by atoms with E-state index in [1.807, 2.05) is 0 Å². The first kappa shape index (κ1) is 18.5. The predicted molar refractivity (Wildman–Crippen MR) is 80.5 cm³/mol. The predicted octanol–water partition coefficient (Wildman–Crippen LogP) is 1.54. The largest absolute Gasteiger partial charge is 0.370 e. The molecule has 1 amide bonds. The van der Waals surface area contributed by atoms with Gasteiger partial charge in [-0.05, 0) is 12.1 Å². The molecular formula is C11H14F3IN4O. The number of nitrogens with one attached hydrogen (secondary N) is 1. The first-order valence-corrected chi connectivity index (χ1v) is 5.23. The number of nitrogens with zero attached hydrogens (tertiary/aromatic N) is 2. The molecule has 0 heterocycles. The summed E-state index contributed by atoms with van der Waals surface area (Å²) in [4.78, 5) is 16.6. The third-order valence-electron chi connectivity index (χ3n) is 2.15. The summed E-state index contributed by atoms with van der Waals surface area (Å²) < 4.78 is 38.8. The maximum Gasteiger partial charge on any atom is 0.246 e. The minimum atomic E-state index is -1.64. The van der Waals surface area contributed by atoms with Crippen LogP contribution >= 0.6 is 24.0 Å². The molecule has 0 saturated carbocycles. The van der Waals surface area contributed by atoms with Crippen molar-refractivity contribution in [1.82, 2.24) is 4.90 Å². The van der Waals surface area contributed by atoms with Crippen LogP contribution in [-0.4, -0.2) is 37.4 Å². The Labute approximate surface area is 131 Å². The number of carbonyl (C=O) groups is 1. The van der Waals surface area contributed by atoms with Crippen LogP contribution in [0.5, 0.6) is 0 Å². The van der Waals surface area contributed by atoms with Crippen molar-refractivity contribution in [3.8, 4) is 0 Å². The molecule has 0 aliphatic heterocycles. The zero-order valence-corrected chi connectivity index (χ0v) is 13.1. The number of amides is 1. The van der Waals surface area contributed by atoms with E-state index in [4.69, 9.17) is 5.73 Å². The van der Waals surface area contributed by atoms with E-state index in [1.165, 1.54) is 4.90 Å². The normalized spacial score (nSPS) is 10.8. The van der Waals surface area contributed by atoms with Gasteiger partial charge in [-0.2, -0.15) is 0 Å². The monoisotopic (exact) mass is 402 g/mol. The summed E-state index contributed by atoms with van der Waals surface area (Å²) >= 11 is 0. The van der Waals surface area contributed by atoms with Gasteiger partial charge >= 0.3 is 0 Å². The number of benzene rings is 1. The number of halogens is 4. The number of rotatable bonds is 3. The summed E-state index contributed by atoms with van der Waals surface area (Å²) in [6.45, 7) is -0.359. The molecule has 0 aromatic heterocycles. The lowest BCUT2D eigenvalue weighted by Gasteiger charge is -2.10. The van der Waals surface area contributed by atoms with Gasteiger partial charge in [-0.15, -0.1) is 24.0 Å². The number of hydrogen-bond acceptors (Lipinski definition) is 2. The van der Waals surface area contributed by atoms with Gasteiger partial charge in [0, 0.05) is 14.1 Å². The smallest absolute Gasteiger partial charge is 0.246 e. The van der Waals surface area contributed by atoms with E-state index in [2.05, 4.69) is 10.3 Å². The third-order valence-corrected chi connectivity index (χ3v) is 2.15. The maximum absolute atomic E-state index is 13.3. The van der Waals surface area contributed by atoms with Crippen LogP contribution < -0.4 is 11.1 Å². The number of nitrogens with two attached hydrogens (primary N) is 1. The van der Waals surface area contributed by atoms with Crippen LogP contribution in [0.2, 0.25) is 0 Å². The van der Waals surface area contributed by atoms with Gasteiger partial charge in [0.25, 0.3) is 0 Å². The van der Waals surface area contributed by atoms with Crippen molar-refractivity contribution in [2.45, 2.75) is 0 Å². The van der Waals surface area contributed by atoms with Crippen molar-refractivity contribution in [3.05, 3.63) is 29.6 Å². The SMILES string of the molecule is CN(C)C(N)=NCC(=O)Nc1ccc(F)c(F)c1F.I. The third kappa shape index (κ3) is 4.87. The molecule has 20 heavy (non-hydrogen) atoms. The second kappa shape index (κ2) is 7.92. The molecule has 5 nitrogen and oxygen atoms in total. The van der Waals surface area contributed by atoms with E-state index in [0.29, 0.717) is 6.07 Å². The van der Waals surface area contributed by atoms with E-state index in [0.717, 1.165) is 6.07 Å². The second-order valence-corrected chi connectivity index (χ2v) is 3.84. The van der Waals surface area contributed by atoms with Crippen LogP contribution in [-0.2, 0) is 4.79 Å². The quantitative estimate of drug-likeness (QED) is 0.349. The minimum absolute atomic E-state index is 0. The van der Waals surface area contributed by atoms with Crippen LogP contribution in [0, 0.1) is 17.5 Å². The molecule has 0 radical (unpaired) electrons. The molecule has 0 atom stereocenters. The van der Waals surface area contributed by atoms with Gasteiger partial charge in [0.1, 0.15) is 6.54 Å². The van der Waals surface area contributed by atoms with Crippen molar-refractivity contribution < 1.29 is 18.0 Å². The molecule has 3 N–H and O–H groups in total. The molecule has 1 aromatic carbocycles. The van der Waals surface area contributed by atoms with Crippen LogP contribution in [0.25, 0.3) is 0 Å². The number of aliphatic imine (C=N–C) groups is 1. The average Bonchev–Trinajstić information content (AvgIpc) is 2.36. The molecule has 0 saturated heterocycles. The van der Waals surface area contributed by atoms with Crippen molar-refractivity contribution in [2.75, 3.05) is 26.0 Å². The lowest BCUT2D eigenvalue weighted by molar-refractivity contribution is -0.114. The Morgan fingerprint density at radius 3 is 2.45 bits per heavy atom. The van der Waals surface area contributed by atoms with Gasteiger partial charge in [0.15, 0.2) is 23.4 Å². The Bertz CT molecular complexity index is 523. The Kier molecular flexibility index (Phi) is 7.32. The highest BCUT2D eigenvalue weighted by Gasteiger charge is 2.14. The average molecular weight is 402 g/mol. The van der Waals surface area contributed by atoms with Gasteiger partial charge in [0.05, 0.1) is 5.69 Å². The Hall–Kier alpha value is -1.52. The summed E-state index contributed by atoms with van der Waals surface area (Å²) in [6.07, 6.45) is 0. The molecule has 0 spiro atoms. The van der Waals surface area contributed by atoms with Crippen molar-refractivity contribution >= 4 is 41.5 Å². The first-order valence-electron chi connectivity index (χ1n) is 5.23. The second-order valence-electron chi connectivity index (χ2n) is 3.84. The highest BCUT2D eigenvalue weighted by Crippen LogP contribution is 2.19. The summed E-state index contributed by atoms with van der Waals surface area (Å²) in [6, 6.07) is 1.64. The van der Waals surface area contributed by atoms with Crippen LogP contribution in [0.4, 0.5) is 18.9 Å². The molecule has 0 aliphatic carbocycles. The van der Waals surface area contributed by atoms with Crippen molar-refractivity contribution in [1.29, 1.82) is 0 Å². The lowest BCUT2D eigenvalue weighted by atomic mass is 10.3. The number of hydrogen-bond donors (Lipinski definition) is 2. The summed E-state index contributed by atoms with van der Waals surface area (Å²) in [7, 11) is 3.26. The fraction of sp³-hybridized carbons (Fsp3) is 0.273. The molecule has 1 rings (SSSR count). The van der Waals surface area contributed by atoms with Crippen LogP contribution in [0.3, 0.4) is 0 Å². The van der Waals surface area contributed by atoms with Gasteiger partial charge in [-0.25, -0.2) is 18.2 Å². The fourth-order valence-electron chi connectivity index (χ4n) is 1.11. The van der Waals surface area contributed by atoms with Gasteiger partial charge < -0.3 is 16.0 Å². The molecular weight excluding hydrogens is 388 g/mol. The molecule has 112 valence electrons. The van der Waals surface area contributed by atoms with Crippen molar-refractivity contribution in [2.24, 2.45) is 10.7 Å². The molecule has 0 fully saturated rings. The summed E-state index contributed by atoms with van der Waals surface area (Å²) in [5.74, 6) is -5.02. The van der Waals surface area contributed by atoms with E-state index in [9.17, 15) is 18.0 Å². The van der Waals surface area contributed by atoms with Gasteiger partial charge in [-0.3, -0.25) is 4.79 Å². The number of carbonyl (C=O) groups excluding carboxylic acids is 1. The number of anilines is 1. The van der Waals surface area contributed by atoms with Crippen LogP contribution in [0.15, 0.2) is 17.1 Å². The number of guanidine groups is 1. The lowest BCUT2D eigenvalue weighted by Crippen LogP contribution is -2.31. The van der Waals surface area contributed by atoms with Gasteiger partial charge in [0.2, 0.25) is 5.91 Å². The molecule has 9 heteroatoms. The van der Waals surface area contributed by atoms with E-state index in [1.54, 1.807) is 14.1 Å². The van der Waals surface area contributed by atoms with E-state index < -0.39 is 29.0 Å². The Morgan fingerprint density at radius 1 is 1.30 bits per heavy atom. The minimum Gasteiger partial charge on any atom is -0.370 e. The maximum atomic E-state index is 13.3. The Balaban J connectivity index is 0.00000361. The first-order chi connectivity index (χ1) is 8.82. The molecule has 0 bridgehead atoms. The Morgan fingerprint density at radius 2 is 1.90 bits per heavy atom. The van der Waals surface area contributed by atoms with Gasteiger partial charge in [-0.1, -0.05) is 0 Å². The van der Waals surface area contributed by atoms with Crippen LogP contribution in [0.1, 0.15) is 0 Å². The highest BCUT2D eigenvalue weighted by molar-refractivity contribution is 14.0. The fourth-order valence-corrected chi connectivity index (χ4v) is 1.11. The molecule has 0 aliphatic rings. The summed E-state index contributed by atoms with van der Waals surface area (Å²) in [5.41, 5.74) is 4.99. The zero-order chi connectivity index (χ0) is 14.6. The highest BCUT2D eigenvalue weighted by atomic mass is 127. The standard InChI is InChI=1S/C11H13F3N4O.HI/c1-18(2)11(15)16-5-8(19)17-7-4-3-6(12)9(13)10(7)14;/h3-4H,5H2,1-2H3,(H2,15,16)(H,17,19);1H. The molecule has 0 unspecified atom stereocenters. The zero-order valence-electron chi connectivity index (χ0n) is 10.8. The molecule has 1 aromatic rings. The van der Waals surface area contributed by atoms with E-state index in [-0.39, 0.29) is 36.5 Å². The van der Waals surface area contributed by atoms with Crippen molar-refractivity contribution in [3.63, 3.8) is 0 Å². The van der Waals surface area contributed by atoms with E-state index >= 15 is 0 Å². The topological polar surface area (TPSA) is 70.7 Å². The summed E-state index contributed by atoms with van der Waals surface area (Å²) in [5, 5.41) is 2.07.